The van der Waals surface area contributed by atoms with E-state index in [9.17, 15) is 8.42 Å². The molecule has 106 valence electrons. The summed E-state index contributed by atoms with van der Waals surface area (Å²) in [5.41, 5.74) is 6.98. The van der Waals surface area contributed by atoms with E-state index in [0.717, 1.165) is 0 Å². The maximum Gasteiger partial charge on any atom is 0.240 e. The van der Waals surface area contributed by atoms with Crippen molar-refractivity contribution in [3.05, 3.63) is 46.4 Å². The van der Waals surface area contributed by atoms with Crippen molar-refractivity contribution in [2.45, 2.75) is 4.90 Å². The highest BCUT2D eigenvalue weighted by molar-refractivity contribution is 7.89. The van der Waals surface area contributed by atoms with Crippen LogP contribution in [0.1, 0.15) is 0 Å². The largest absolute Gasteiger partial charge is 0.398 e. The smallest absolute Gasteiger partial charge is 0.240 e. The Bertz CT molecular complexity index is 743. The van der Waals surface area contributed by atoms with Gasteiger partial charge in [0.15, 0.2) is 0 Å². The molecule has 0 heterocycles. The fourth-order valence-corrected chi connectivity index (χ4v) is 2.85. The molecule has 0 saturated carbocycles. The predicted molar refractivity (Wildman–Crippen MR) is 82.0 cm³/mol. The first kappa shape index (κ1) is 14.9. The van der Waals surface area contributed by atoms with Gasteiger partial charge in [-0.15, -0.1) is 0 Å². The van der Waals surface area contributed by atoms with Crippen LogP contribution < -0.4 is 16.2 Å². The van der Waals surface area contributed by atoms with Gasteiger partial charge in [0.05, 0.1) is 5.69 Å². The van der Waals surface area contributed by atoms with Gasteiger partial charge in [-0.3, -0.25) is 0 Å². The lowest BCUT2D eigenvalue weighted by atomic mass is 10.2. The van der Waals surface area contributed by atoms with Crippen molar-refractivity contribution in [2.75, 3.05) is 11.1 Å². The van der Waals surface area contributed by atoms with Gasteiger partial charge in [-0.1, -0.05) is 23.2 Å². The van der Waals surface area contributed by atoms with E-state index in [0.29, 0.717) is 21.4 Å². The monoisotopic (exact) mass is 331 g/mol. The number of nitrogens with one attached hydrogen (secondary N) is 1. The third-order valence-corrected chi connectivity index (χ3v) is 3.89. The average Bonchev–Trinajstić information content (AvgIpc) is 2.25. The van der Waals surface area contributed by atoms with E-state index in [1.807, 2.05) is 0 Å². The summed E-state index contributed by atoms with van der Waals surface area (Å²) < 4.78 is 22.5. The van der Waals surface area contributed by atoms with Gasteiger partial charge in [-0.05, 0) is 36.4 Å². The van der Waals surface area contributed by atoms with Crippen molar-refractivity contribution in [3.63, 3.8) is 0 Å². The van der Waals surface area contributed by atoms with Crippen LogP contribution in [0.2, 0.25) is 10.0 Å². The molecule has 0 saturated heterocycles. The Hall–Kier alpha value is -1.47. The number of primary sulfonamides is 1. The number of hydrogen-bond acceptors (Lipinski definition) is 4. The minimum absolute atomic E-state index is 0.0608. The summed E-state index contributed by atoms with van der Waals surface area (Å²) in [7, 11) is -3.83. The molecular formula is C12H11Cl2N3O2S. The second kappa shape index (κ2) is 5.49. The van der Waals surface area contributed by atoms with E-state index in [1.165, 1.54) is 12.1 Å². The molecule has 0 aliphatic carbocycles. The van der Waals surface area contributed by atoms with Crippen molar-refractivity contribution >= 4 is 50.3 Å². The molecule has 0 aromatic heterocycles. The first-order valence-corrected chi connectivity index (χ1v) is 7.71. The molecule has 2 rings (SSSR count). The van der Waals surface area contributed by atoms with Crippen LogP contribution >= 0.6 is 23.2 Å². The third-order valence-electron chi connectivity index (χ3n) is 2.47. The highest BCUT2D eigenvalue weighted by atomic mass is 35.5. The molecule has 5 nitrogen and oxygen atoms in total. The molecule has 0 spiro atoms. The Morgan fingerprint density at radius 1 is 0.950 bits per heavy atom. The van der Waals surface area contributed by atoms with Crippen LogP contribution in [0.3, 0.4) is 0 Å². The summed E-state index contributed by atoms with van der Waals surface area (Å²) in [5, 5.41) is 9.02. The van der Waals surface area contributed by atoms with Gasteiger partial charge in [-0.25, -0.2) is 13.6 Å². The molecular weight excluding hydrogens is 321 g/mol. The Kier molecular flexibility index (Phi) is 4.10. The normalized spacial score (nSPS) is 11.3. The lowest BCUT2D eigenvalue weighted by Crippen LogP contribution is -2.14. The quantitative estimate of drug-likeness (QED) is 0.753. The van der Waals surface area contributed by atoms with Gasteiger partial charge in [0, 0.05) is 21.4 Å². The third kappa shape index (κ3) is 3.55. The number of nitrogen functional groups attached to an aromatic ring is 1. The summed E-state index contributed by atoms with van der Waals surface area (Å²) in [5.74, 6) is 0. The zero-order valence-corrected chi connectivity index (χ0v) is 12.4. The Balaban J connectivity index is 2.33. The van der Waals surface area contributed by atoms with Gasteiger partial charge in [0.2, 0.25) is 10.0 Å². The number of benzene rings is 2. The van der Waals surface area contributed by atoms with Crippen LogP contribution in [0, 0.1) is 0 Å². The summed E-state index contributed by atoms with van der Waals surface area (Å²) in [4.78, 5) is -0.118. The van der Waals surface area contributed by atoms with E-state index in [1.54, 1.807) is 24.3 Å². The number of sulfonamides is 1. The number of hydrogen-bond donors (Lipinski definition) is 3. The minimum atomic E-state index is -3.83. The zero-order valence-electron chi connectivity index (χ0n) is 10.1. The topological polar surface area (TPSA) is 98.2 Å². The maximum atomic E-state index is 11.3. The van der Waals surface area contributed by atoms with Gasteiger partial charge < -0.3 is 11.1 Å². The van der Waals surface area contributed by atoms with E-state index < -0.39 is 10.0 Å². The van der Waals surface area contributed by atoms with Crippen LogP contribution in [-0.4, -0.2) is 8.42 Å². The van der Waals surface area contributed by atoms with Crippen LogP contribution in [-0.2, 0) is 10.0 Å². The number of rotatable bonds is 3. The molecule has 0 aliphatic rings. The van der Waals surface area contributed by atoms with Crippen molar-refractivity contribution in [1.82, 2.24) is 0 Å². The molecule has 0 unspecified atom stereocenters. The van der Waals surface area contributed by atoms with Crippen LogP contribution in [0.25, 0.3) is 0 Å². The molecule has 2 aromatic carbocycles. The van der Waals surface area contributed by atoms with Crippen molar-refractivity contribution in [1.29, 1.82) is 0 Å². The van der Waals surface area contributed by atoms with Gasteiger partial charge in [0.25, 0.3) is 0 Å². The lowest BCUT2D eigenvalue weighted by Gasteiger charge is -2.10. The molecule has 0 aliphatic heterocycles. The highest BCUT2D eigenvalue weighted by Crippen LogP contribution is 2.27. The van der Waals surface area contributed by atoms with Crippen LogP contribution in [0.15, 0.2) is 41.3 Å². The first-order chi connectivity index (χ1) is 9.25. The van der Waals surface area contributed by atoms with E-state index in [-0.39, 0.29) is 10.6 Å². The first-order valence-electron chi connectivity index (χ1n) is 5.41. The minimum Gasteiger partial charge on any atom is -0.398 e. The van der Waals surface area contributed by atoms with E-state index in [2.05, 4.69) is 5.32 Å². The van der Waals surface area contributed by atoms with Crippen molar-refractivity contribution in [2.24, 2.45) is 5.14 Å². The van der Waals surface area contributed by atoms with Crippen molar-refractivity contribution < 1.29 is 8.42 Å². The Morgan fingerprint density at radius 2 is 1.55 bits per heavy atom. The van der Waals surface area contributed by atoms with E-state index >= 15 is 0 Å². The molecule has 0 amide bonds. The number of anilines is 3. The maximum absolute atomic E-state index is 11.3. The SMILES string of the molecule is Nc1cc(Nc2cc(Cl)cc(Cl)c2)ccc1S(N)(=O)=O. The molecule has 20 heavy (non-hydrogen) atoms. The average molecular weight is 332 g/mol. The van der Waals surface area contributed by atoms with E-state index in [4.69, 9.17) is 34.1 Å². The molecule has 2 aromatic rings. The highest BCUT2D eigenvalue weighted by Gasteiger charge is 2.12. The standard InChI is InChI=1S/C12H11Cl2N3O2S/c13-7-3-8(14)5-10(4-7)17-9-1-2-12(11(15)6-9)20(16,18)19/h1-6,17H,15H2,(H2,16,18,19). The fraction of sp³-hybridized carbons (Fsp3) is 0. The van der Waals surface area contributed by atoms with Crippen LogP contribution in [0.4, 0.5) is 17.1 Å². The molecule has 0 fully saturated rings. The lowest BCUT2D eigenvalue weighted by molar-refractivity contribution is 0.598. The molecule has 0 bridgehead atoms. The summed E-state index contributed by atoms with van der Waals surface area (Å²) >= 11 is 11.8. The van der Waals surface area contributed by atoms with Gasteiger partial charge in [-0.2, -0.15) is 0 Å². The Morgan fingerprint density at radius 3 is 2.05 bits per heavy atom. The predicted octanol–water partition coefficient (Wildman–Crippen LogP) is 2.97. The second-order valence-corrected chi connectivity index (χ2v) is 6.48. The van der Waals surface area contributed by atoms with Crippen molar-refractivity contribution in [3.8, 4) is 0 Å². The molecule has 0 atom stereocenters. The second-order valence-electron chi connectivity index (χ2n) is 4.08. The fourth-order valence-electron chi connectivity index (χ4n) is 1.68. The van der Waals surface area contributed by atoms with Crippen LogP contribution in [0.5, 0.6) is 0 Å². The molecule has 0 radical (unpaired) electrons. The zero-order chi connectivity index (χ0) is 14.9. The summed E-state index contributed by atoms with van der Waals surface area (Å²) in [6.45, 7) is 0. The Labute approximate surface area is 126 Å². The van der Waals surface area contributed by atoms with Gasteiger partial charge >= 0.3 is 0 Å². The number of nitrogens with two attached hydrogens (primary N) is 2. The molecule has 8 heteroatoms. The number of halogens is 2. The van der Waals surface area contributed by atoms with Gasteiger partial charge in [0.1, 0.15) is 4.90 Å². The summed E-state index contributed by atoms with van der Waals surface area (Å²) in [6.07, 6.45) is 0. The summed E-state index contributed by atoms with van der Waals surface area (Å²) in [6, 6.07) is 9.31. The molecule has 5 N–H and O–H groups in total.